The number of fused-ring (bicyclic) bond motifs is 2. The number of aromatic nitrogens is 1. The van der Waals surface area contributed by atoms with Crippen LogP contribution in [0.1, 0.15) is 30.8 Å². The molecular formula is C16H21BN2O. The third kappa shape index (κ3) is 1.37. The summed E-state index contributed by atoms with van der Waals surface area (Å²) in [5.41, 5.74) is 7.82. The number of hydrogen-bond acceptors (Lipinski definition) is 1. The van der Waals surface area contributed by atoms with Crippen LogP contribution in [0.3, 0.4) is 0 Å². The Labute approximate surface area is 120 Å². The van der Waals surface area contributed by atoms with Crippen molar-refractivity contribution in [1.82, 2.24) is 4.48 Å². The molecule has 0 N–H and O–H groups in total. The molecule has 2 aliphatic rings. The lowest BCUT2D eigenvalue weighted by Gasteiger charge is -2.39. The van der Waals surface area contributed by atoms with E-state index in [4.69, 9.17) is 0 Å². The van der Waals surface area contributed by atoms with Gasteiger partial charge in [0.25, 0.3) is 0 Å². The summed E-state index contributed by atoms with van der Waals surface area (Å²) in [7, 11) is 0. The molecule has 0 unspecified atom stereocenters. The van der Waals surface area contributed by atoms with E-state index in [-0.39, 0.29) is 0 Å². The minimum absolute atomic E-state index is 0.822. The van der Waals surface area contributed by atoms with E-state index in [1.54, 1.807) is 0 Å². The van der Waals surface area contributed by atoms with Crippen molar-refractivity contribution in [2.75, 3.05) is 0 Å². The summed E-state index contributed by atoms with van der Waals surface area (Å²) in [6.45, 7) is 13.0. The average molecular weight is 268 g/mol. The minimum atomic E-state index is -0.958. The molecule has 3 heterocycles. The van der Waals surface area contributed by atoms with Gasteiger partial charge in [0.2, 0.25) is 0 Å². The van der Waals surface area contributed by atoms with Crippen molar-refractivity contribution in [3.8, 4) is 0 Å². The molecule has 1 aromatic rings. The van der Waals surface area contributed by atoms with Crippen LogP contribution >= 0.6 is 0 Å². The molecule has 0 radical (unpaired) electrons. The summed E-state index contributed by atoms with van der Waals surface area (Å²) in [6, 6.07) is 2.18. The highest BCUT2D eigenvalue weighted by Crippen LogP contribution is 2.39. The number of hydrogen-bond donors (Lipinski definition) is 0. The fraction of sp³-hybridized carbons (Fsp3) is 0.375. The first-order chi connectivity index (χ1) is 9.30. The summed E-state index contributed by atoms with van der Waals surface area (Å²) in [5, 5.41) is 0. The molecule has 0 fully saturated rings. The Morgan fingerprint density at radius 3 is 2.45 bits per heavy atom. The first-order valence-corrected chi connectivity index (χ1v) is 7.24. The number of allylic oxidation sites excluding steroid dienone is 3. The Morgan fingerprint density at radius 1 is 1.20 bits per heavy atom. The number of carbonyl (C=O) groups excluding carboxylic acids is 1. The molecule has 0 aromatic carbocycles. The third-order valence-corrected chi connectivity index (χ3v) is 4.73. The standard InChI is InChI=1S/C16H21BN2O/c1-10-7-12(3)18-15(10)14(9-20)16-11(2)8-13(4)19(16)17(18,5)6/h7-9H,1-6H3. The molecule has 0 saturated carbocycles. The Balaban J connectivity index is 2.51. The predicted molar refractivity (Wildman–Crippen MR) is 84.5 cm³/mol. The van der Waals surface area contributed by atoms with E-state index in [2.05, 4.69) is 62.4 Å². The summed E-state index contributed by atoms with van der Waals surface area (Å²) >= 11 is 0. The Hall–Kier alpha value is -1.84. The molecule has 2 aliphatic heterocycles. The monoisotopic (exact) mass is 268 g/mol. The fourth-order valence-corrected chi connectivity index (χ4v) is 4.29. The summed E-state index contributed by atoms with van der Waals surface area (Å²) in [5.74, 6) is 0. The van der Waals surface area contributed by atoms with Crippen molar-refractivity contribution in [2.45, 2.75) is 41.3 Å². The topological polar surface area (TPSA) is 25.0 Å². The summed E-state index contributed by atoms with van der Waals surface area (Å²) < 4.78 is 4.69. The fourth-order valence-electron chi connectivity index (χ4n) is 4.29. The third-order valence-electron chi connectivity index (χ3n) is 4.73. The molecule has 0 saturated heterocycles. The SMILES string of the molecule is CC1=CC(C)=[N+]2C1=C(C=O)c1c(C)cc(C)n1[B-]2(C)C. The maximum Gasteiger partial charge on any atom is 0.372 e. The highest BCUT2D eigenvalue weighted by molar-refractivity contribution is 6.70. The van der Waals surface area contributed by atoms with Crippen LogP contribution in [0.5, 0.6) is 0 Å². The molecule has 4 heteroatoms. The predicted octanol–water partition coefficient (Wildman–Crippen LogP) is 3.01. The number of nitrogens with zero attached hydrogens (tertiary/aromatic N) is 2. The van der Waals surface area contributed by atoms with E-state index < -0.39 is 6.42 Å². The van der Waals surface area contributed by atoms with Gasteiger partial charge in [0.1, 0.15) is 11.3 Å². The number of aryl methyl sites for hydroxylation is 2. The lowest BCUT2D eigenvalue weighted by atomic mass is 9.48. The Bertz CT molecular complexity index is 745. The van der Waals surface area contributed by atoms with E-state index in [9.17, 15) is 4.79 Å². The van der Waals surface area contributed by atoms with E-state index >= 15 is 0 Å². The van der Waals surface area contributed by atoms with Gasteiger partial charge < -0.3 is 8.96 Å². The van der Waals surface area contributed by atoms with Crippen molar-refractivity contribution in [3.05, 3.63) is 40.4 Å². The van der Waals surface area contributed by atoms with Crippen molar-refractivity contribution < 1.29 is 9.28 Å². The minimum Gasteiger partial charge on any atom is -0.459 e. The molecule has 0 amide bonds. The van der Waals surface area contributed by atoms with Crippen LogP contribution in [-0.4, -0.2) is 27.4 Å². The first kappa shape index (κ1) is 13.2. The Morgan fingerprint density at radius 2 is 1.85 bits per heavy atom. The second kappa shape index (κ2) is 3.84. The van der Waals surface area contributed by atoms with E-state index in [1.807, 2.05) is 0 Å². The maximum atomic E-state index is 11.8. The van der Waals surface area contributed by atoms with Gasteiger partial charge in [-0.15, -0.1) is 13.6 Å². The summed E-state index contributed by atoms with van der Waals surface area (Å²) in [6.07, 6.45) is 2.24. The Kier molecular flexibility index (Phi) is 2.53. The van der Waals surface area contributed by atoms with E-state index in [1.165, 1.54) is 22.5 Å². The van der Waals surface area contributed by atoms with Crippen LogP contribution in [0.25, 0.3) is 5.57 Å². The molecule has 104 valence electrons. The van der Waals surface area contributed by atoms with Crippen LogP contribution in [0, 0.1) is 13.8 Å². The van der Waals surface area contributed by atoms with Crippen LogP contribution in [-0.2, 0) is 4.79 Å². The molecule has 0 atom stereocenters. The van der Waals surface area contributed by atoms with Gasteiger partial charge in [0, 0.05) is 24.3 Å². The van der Waals surface area contributed by atoms with Crippen molar-refractivity contribution in [1.29, 1.82) is 0 Å². The normalized spacial score (nSPS) is 20.0. The molecule has 1 aromatic heterocycles. The smallest absolute Gasteiger partial charge is 0.372 e. The van der Waals surface area contributed by atoms with Gasteiger partial charge in [0.15, 0.2) is 12.0 Å². The van der Waals surface area contributed by atoms with Crippen LogP contribution < -0.4 is 0 Å². The molecule has 0 bridgehead atoms. The lowest BCUT2D eigenvalue weighted by Crippen LogP contribution is -2.53. The van der Waals surface area contributed by atoms with Gasteiger partial charge in [-0.05, 0) is 38.1 Å². The van der Waals surface area contributed by atoms with Gasteiger partial charge in [-0.1, -0.05) is 0 Å². The molecule has 0 spiro atoms. The molecular weight excluding hydrogens is 247 g/mol. The summed E-state index contributed by atoms with van der Waals surface area (Å²) in [4.78, 5) is 11.8. The van der Waals surface area contributed by atoms with Gasteiger partial charge >= 0.3 is 6.42 Å². The number of carbonyl (C=O) groups is 1. The molecule has 0 aliphatic carbocycles. The second-order valence-corrected chi connectivity index (χ2v) is 6.63. The maximum absolute atomic E-state index is 11.8. The zero-order valence-corrected chi connectivity index (χ0v) is 13.1. The first-order valence-electron chi connectivity index (χ1n) is 7.24. The molecule has 20 heavy (non-hydrogen) atoms. The average Bonchev–Trinajstić information content (AvgIpc) is 2.79. The zero-order chi connectivity index (χ0) is 14.8. The lowest BCUT2D eigenvalue weighted by molar-refractivity contribution is -0.335. The second-order valence-electron chi connectivity index (χ2n) is 6.63. The van der Waals surface area contributed by atoms with E-state index in [0.29, 0.717) is 0 Å². The van der Waals surface area contributed by atoms with Crippen molar-refractivity contribution >= 4 is 24.0 Å². The largest absolute Gasteiger partial charge is 0.459 e. The van der Waals surface area contributed by atoms with Crippen LogP contribution in [0.4, 0.5) is 0 Å². The van der Waals surface area contributed by atoms with Gasteiger partial charge in [0.05, 0.1) is 0 Å². The highest BCUT2D eigenvalue weighted by Gasteiger charge is 2.44. The number of rotatable bonds is 1. The van der Waals surface area contributed by atoms with Gasteiger partial charge in [-0.3, -0.25) is 4.79 Å². The van der Waals surface area contributed by atoms with E-state index in [0.717, 1.165) is 23.3 Å². The van der Waals surface area contributed by atoms with Crippen LogP contribution in [0.2, 0.25) is 13.6 Å². The van der Waals surface area contributed by atoms with Crippen LogP contribution in [0.15, 0.2) is 23.4 Å². The van der Waals surface area contributed by atoms with Gasteiger partial charge in [-0.2, -0.15) is 0 Å². The van der Waals surface area contributed by atoms with Crippen molar-refractivity contribution in [2.24, 2.45) is 0 Å². The molecule has 3 rings (SSSR count). The number of aldehydes is 1. The highest BCUT2D eigenvalue weighted by atomic mass is 16.1. The van der Waals surface area contributed by atoms with Crippen molar-refractivity contribution in [3.63, 3.8) is 0 Å². The van der Waals surface area contributed by atoms with Gasteiger partial charge in [-0.25, -0.2) is 0 Å². The molecule has 3 nitrogen and oxygen atoms in total. The zero-order valence-electron chi connectivity index (χ0n) is 13.1. The quantitative estimate of drug-likeness (QED) is 0.567.